The molecule has 2 aromatic carbocycles. The molecule has 8 nitrogen and oxygen atoms in total. The van der Waals surface area contributed by atoms with Crippen LogP contribution in [0.2, 0.25) is 0 Å². The number of benzene rings is 2. The van der Waals surface area contributed by atoms with Crippen LogP contribution in [0.3, 0.4) is 0 Å². The fourth-order valence-electron chi connectivity index (χ4n) is 5.42. The summed E-state index contributed by atoms with van der Waals surface area (Å²) in [6.07, 6.45) is 7.49. The number of nitrogens with zero attached hydrogens (tertiary/aromatic N) is 4. The van der Waals surface area contributed by atoms with Crippen molar-refractivity contribution in [1.29, 1.82) is 0 Å². The summed E-state index contributed by atoms with van der Waals surface area (Å²) in [5.74, 6) is -0.904. The first-order valence-corrected chi connectivity index (χ1v) is 14.8. The molecule has 5 aromatic rings. The first kappa shape index (κ1) is 28.6. The lowest BCUT2D eigenvalue weighted by Gasteiger charge is -2.32. The number of hydrogen-bond donors (Lipinski definition) is 1. The molecular weight excluding hydrogens is 572 g/mol. The van der Waals surface area contributed by atoms with Crippen LogP contribution in [0.5, 0.6) is 11.5 Å². The highest BCUT2D eigenvalue weighted by Gasteiger charge is 2.25. The molecule has 0 atom stereocenters. The van der Waals surface area contributed by atoms with E-state index >= 15 is 4.39 Å². The van der Waals surface area contributed by atoms with E-state index in [1.165, 1.54) is 53.5 Å². The lowest BCUT2D eigenvalue weighted by atomic mass is 9.85. The number of aromatic nitrogens is 3. The number of anilines is 1. The van der Waals surface area contributed by atoms with Gasteiger partial charge in [-0.2, -0.15) is 9.78 Å². The van der Waals surface area contributed by atoms with Crippen molar-refractivity contribution >= 4 is 33.1 Å². The number of ether oxygens (including phenoxy) is 1. The normalized spacial score (nSPS) is 16.9. The molecule has 220 valence electrons. The molecule has 6 rings (SSSR count). The van der Waals surface area contributed by atoms with Gasteiger partial charge >= 0.3 is 0 Å². The number of halogens is 2. The van der Waals surface area contributed by atoms with Crippen LogP contribution in [0.25, 0.3) is 15.9 Å². The number of carbonyl (C=O) groups excluding carboxylic acids is 1. The monoisotopic (exact) mass is 601 g/mol. The molecule has 3 aromatic heterocycles. The van der Waals surface area contributed by atoms with Gasteiger partial charge in [0.05, 0.1) is 15.9 Å². The van der Waals surface area contributed by atoms with E-state index in [-0.39, 0.29) is 17.0 Å². The second-order valence-electron chi connectivity index (χ2n) is 10.8. The third-order valence-electron chi connectivity index (χ3n) is 7.80. The van der Waals surface area contributed by atoms with Gasteiger partial charge < -0.3 is 15.0 Å². The molecule has 0 unspecified atom stereocenters. The number of fused-ring (bicyclic) bond motifs is 1. The van der Waals surface area contributed by atoms with Crippen molar-refractivity contribution in [2.45, 2.75) is 37.6 Å². The third-order valence-corrected chi connectivity index (χ3v) is 9.10. The van der Waals surface area contributed by atoms with E-state index in [0.717, 1.165) is 46.6 Å². The first-order chi connectivity index (χ1) is 20.8. The van der Waals surface area contributed by atoms with Crippen LogP contribution >= 0.6 is 11.3 Å². The molecule has 1 N–H and O–H groups in total. The van der Waals surface area contributed by atoms with Crippen molar-refractivity contribution < 1.29 is 18.3 Å². The van der Waals surface area contributed by atoms with E-state index in [0.29, 0.717) is 23.4 Å². The molecule has 1 saturated carbocycles. The van der Waals surface area contributed by atoms with Gasteiger partial charge in [0, 0.05) is 41.1 Å². The van der Waals surface area contributed by atoms with Gasteiger partial charge in [0.15, 0.2) is 11.6 Å². The van der Waals surface area contributed by atoms with Gasteiger partial charge in [-0.15, -0.1) is 11.3 Å². The summed E-state index contributed by atoms with van der Waals surface area (Å²) in [7, 11) is 4.26. The first-order valence-electron chi connectivity index (χ1n) is 13.9. The summed E-state index contributed by atoms with van der Waals surface area (Å²) < 4.78 is 36.3. The van der Waals surface area contributed by atoms with E-state index in [1.807, 2.05) is 0 Å². The Morgan fingerprint density at radius 1 is 0.977 bits per heavy atom. The topological polar surface area (TPSA) is 89.3 Å². The van der Waals surface area contributed by atoms with Gasteiger partial charge in [-0.1, -0.05) is 0 Å². The van der Waals surface area contributed by atoms with Gasteiger partial charge in [0.2, 0.25) is 0 Å². The predicted octanol–water partition coefficient (Wildman–Crippen LogP) is 6.75. The Kier molecular flexibility index (Phi) is 8.00. The molecule has 1 amide bonds. The molecule has 1 fully saturated rings. The summed E-state index contributed by atoms with van der Waals surface area (Å²) in [5.41, 5.74) is 0.359. The zero-order chi connectivity index (χ0) is 30.1. The van der Waals surface area contributed by atoms with Gasteiger partial charge in [-0.05, 0) is 94.2 Å². The predicted molar refractivity (Wildman–Crippen MR) is 163 cm³/mol. The summed E-state index contributed by atoms with van der Waals surface area (Å²) in [5, 5.41) is 6.52. The van der Waals surface area contributed by atoms with Crippen LogP contribution in [-0.2, 0) is 0 Å². The van der Waals surface area contributed by atoms with Crippen molar-refractivity contribution in [3.8, 4) is 17.2 Å². The smallest absolute Gasteiger partial charge is 0.284 e. The van der Waals surface area contributed by atoms with E-state index in [9.17, 15) is 14.0 Å². The van der Waals surface area contributed by atoms with Crippen molar-refractivity contribution in [3.05, 3.63) is 105 Å². The highest BCUT2D eigenvalue weighted by Crippen LogP contribution is 2.42. The quantitative estimate of drug-likeness (QED) is 0.222. The molecule has 0 bridgehead atoms. The Hall–Kier alpha value is -4.48. The molecule has 1 aliphatic rings. The Morgan fingerprint density at radius 2 is 1.74 bits per heavy atom. The van der Waals surface area contributed by atoms with Crippen LogP contribution in [0.15, 0.2) is 77.9 Å². The molecule has 0 radical (unpaired) electrons. The fourth-order valence-corrected chi connectivity index (χ4v) is 6.66. The van der Waals surface area contributed by atoms with Gasteiger partial charge in [-0.25, -0.2) is 8.78 Å². The largest absolute Gasteiger partial charge is 0.453 e. The summed E-state index contributed by atoms with van der Waals surface area (Å²) in [4.78, 5) is 33.9. The average Bonchev–Trinajstić information content (AvgIpc) is 3.45. The van der Waals surface area contributed by atoms with E-state index in [4.69, 9.17) is 4.74 Å². The minimum atomic E-state index is -0.738. The maximum absolute atomic E-state index is 15.2. The minimum absolute atomic E-state index is 0.00508. The maximum atomic E-state index is 15.2. The lowest BCUT2D eigenvalue weighted by Crippen LogP contribution is -2.31. The zero-order valence-corrected chi connectivity index (χ0v) is 24.4. The molecule has 3 heterocycles. The number of pyridine rings is 1. The minimum Gasteiger partial charge on any atom is -0.453 e. The van der Waals surface area contributed by atoms with Crippen molar-refractivity contribution in [3.63, 3.8) is 0 Å². The second-order valence-corrected chi connectivity index (χ2v) is 11.9. The van der Waals surface area contributed by atoms with Crippen molar-refractivity contribution in [2.75, 3.05) is 19.4 Å². The number of rotatable bonds is 7. The van der Waals surface area contributed by atoms with Crippen LogP contribution in [-0.4, -0.2) is 45.7 Å². The number of thiophene rings is 1. The molecule has 0 saturated heterocycles. The summed E-state index contributed by atoms with van der Waals surface area (Å²) >= 11 is 1.64. The summed E-state index contributed by atoms with van der Waals surface area (Å²) in [6.45, 7) is 0. The van der Waals surface area contributed by atoms with E-state index in [1.54, 1.807) is 23.6 Å². The molecule has 1 aliphatic carbocycles. The van der Waals surface area contributed by atoms with Crippen LogP contribution in [0, 0.1) is 11.6 Å². The number of nitrogens with one attached hydrogen (secondary N) is 1. The molecule has 0 spiro atoms. The summed E-state index contributed by atoms with van der Waals surface area (Å²) in [6, 6.07) is 14.9. The van der Waals surface area contributed by atoms with Gasteiger partial charge in [0.1, 0.15) is 17.1 Å². The van der Waals surface area contributed by atoms with Crippen LogP contribution in [0.1, 0.15) is 46.8 Å². The average molecular weight is 602 g/mol. The van der Waals surface area contributed by atoms with E-state index < -0.39 is 23.1 Å². The Morgan fingerprint density at radius 3 is 2.47 bits per heavy atom. The lowest BCUT2D eigenvalue weighted by molar-refractivity contribution is 0.102. The zero-order valence-electron chi connectivity index (χ0n) is 23.6. The Balaban J connectivity index is 1.17. The highest BCUT2D eigenvalue weighted by molar-refractivity contribution is 7.19. The van der Waals surface area contributed by atoms with Gasteiger partial charge in [0.25, 0.3) is 11.5 Å². The molecule has 11 heteroatoms. The van der Waals surface area contributed by atoms with Crippen molar-refractivity contribution in [2.24, 2.45) is 0 Å². The second kappa shape index (κ2) is 12.0. The standard InChI is InChI=1S/C32H29F2N5O3S/c1-38(2)22-8-3-19(4-9-22)29-18-26-30(43-29)28(14-15-35-26)42-27-12-7-21(17-25(27)34)37-31(40)24-13-16-36-39(32(24)41)23-10-5-20(33)6-11-23/h5-7,10-19,22H,3-4,8-9H2,1-2H3,(H,37,40). The highest BCUT2D eigenvalue weighted by atomic mass is 32.1. The van der Waals surface area contributed by atoms with Crippen LogP contribution in [0.4, 0.5) is 14.5 Å². The van der Waals surface area contributed by atoms with E-state index in [2.05, 4.69) is 40.5 Å². The third kappa shape index (κ3) is 6.04. The SMILES string of the molecule is CN(C)C1CCC(c2cc3nccc(Oc4ccc(NC(=O)c5ccnn(-c6ccc(F)cc6)c5=O)cc4F)c3s2)CC1. The number of carbonyl (C=O) groups is 1. The Bertz CT molecular complexity index is 1850. The Labute approximate surface area is 250 Å². The number of amides is 1. The molecule has 43 heavy (non-hydrogen) atoms. The molecular formula is C32H29F2N5O3S. The van der Waals surface area contributed by atoms with Crippen LogP contribution < -0.4 is 15.6 Å². The van der Waals surface area contributed by atoms with Gasteiger partial charge in [-0.3, -0.25) is 14.6 Å². The maximum Gasteiger partial charge on any atom is 0.284 e. The fraction of sp³-hybridized carbons (Fsp3) is 0.250. The van der Waals surface area contributed by atoms with Crippen molar-refractivity contribution in [1.82, 2.24) is 19.7 Å². The number of hydrogen-bond acceptors (Lipinski definition) is 7. The molecule has 0 aliphatic heterocycles.